The van der Waals surface area contributed by atoms with Crippen molar-refractivity contribution >= 4 is 33.1 Å². The summed E-state index contributed by atoms with van der Waals surface area (Å²) in [5.74, 6) is 0.480. The lowest BCUT2D eigenvalue weighted by molar-refractivity contribution is -0.116. The van der Waals surface area contributed by atoms with Gasteiger partial charge in [0.2, 0.25) is 5.91 Å². The molecule has 1 amide bonds. The number of amides is 1. The van der Waals surface area contributed by atoms with Crippen LogP contribution in [0.25, 0.3) is 20.8 Å². The Labute approximate surface area is 145 Å². The molecule has 3 aromatic rings. The molecule has 3 rings (SSSR count). The van der Waals surface area contributed by atoms with Crippen LogP contribution in [0.3, 0.4) is 0 Å². The first kappa shape index (κ1) is 16.5. The second-order valence-electron chi connectivity index (χ2n) is 6.32. The van der Waals surface area contributed by atoms with Crippen LogP contribution in [0.15, 0.2) is 36.4 Å². The summed E-state index contributed by atoms with van der Waals surface area (Å²) in [6.07, 6.45) is 0.469. The molecule has 1 heterocycles. The minimum absolute atomic E-state index is 0.0228. The topological polar surface area (TPSA) is 62.2 Å². The number of aryl methyl sites for hydroxylation is 1. The van der Waals surface area contributed by atoms with E-state index >= 15 is 0 Å². The number of hydrogen-bond acceptors (Lipinski definition) is 4. The van der Waals surface area contributed by atoms with Gasteiger partial charge < -0.3 is 10.4 Å². The number of carbonyl (C=O) groups is 1. The lowest BCUT2D eigenvalue weighted by atomic mass is 10.1. The van der Waals surface area contributed by atoms with Crippen LogP contribution in [0.2, 0.25) is 0 Å². The third kappa shape index (κ3) is 3.41. The number of para-hydroxylation sites is 1. The minimum Gasteiger partial charge on any atom is -0.507 e. The molecule has 0 radical (unpaired) electrons. The predicted molar refractivity (Wildman–Crippen MR) is 99.5 cm³/mol. The molecule has 1 aromatic heterocycles. The molecule has 24 heavy (non-hydrogen) atoms. The number of anilines is 1. The summed E-state index contributed by atoms with van der Waals surface area (Å²) in [6, 6.07) is 11.4. The predicted octanol–water partition coefficient (Wildman–Crippen LogP) is 4.96. The Balaban J connectivity index is 1.99. The largest absolute Gasteiger partial charge is 0.507 e. The average Bonchev–Trinajstić information content (AvgIpc) is 2.93. The molecule has 2 N–H and O–H groups in total. The molecule has 0 saturated carbocycles. The SMILES string of the molecule is Cc1cc(NC(=O)CC(C)C)cc(-c2nc3ccccc3s2)c1O. The summed E-state index contributed by atoms with van der Waals surface area (Å²) >= 11 is 1.53. The number of fused-ring (bicyclic) bond motifs is 1. The van der Waals surface area contributed by atoms with Crippen molar-refractivity contribution < 1.29 is 9.90 Å². The van der Waals surface area contributed by atoms with E-state index in [4.69, 9.17) is 0 Å². The third-order valence-corrected chi connectivity index (χ3v) is 4.77. The van der Waals surface area contributed by atoms with Crippen LogP contribution in [0.4, 0.5) is 5.69 Å². The van der Waals surface area contributed by atoms with Gasteiger partial charge in [0.1, 0.15) is 10.8 Å². The lowest BCUT2D eigenvalue weighted by Gasteiger charge is -2.11. The Hall–Kier alpha value is -2.40. The Bertz CT molecular complexity index is 867. The number of carbonyl (C=O) groups excluding carboxylic acids is 1. The number of aromatic hydroxyl groups is 1. The van der Waals surface area contributed by atoms with Crippen LogP contribution in [0, 0.1) is 12.8 Å². The van der Waals surface area contributed by atoms with Gasteiger partial charge in [0, 0.05) is 12.1 Å². The second-order valence-corrected chi connectivity index (χ2v) is 7.35. The first-order valence-electron chi connectivity index (χ1n) is 7.93. The highest BCUT2D eigenvalue weighted by Gasteiger charge is 2.15. The molecule has 0 aliphatic carbocycles. The lowest BCUT2D eigenvalue weighted by Crippen LogP contribution is -2.14. The zero-order chi connectivity index (χ0) is 17.3. The second kappa shape index (κ2) is 6.61. The van der Waals surface area contributed by atoms with Crippen molar-refractivity contribution in [1.29, 1.82) is 0 Å². The van der Waals surface area contributed by atoms with E-state index in [0.29, 0.717) is 29.2 Å². The van der Waals surface area contributed by atoms with E-state index in [1.54, 1.807) is 12.1 Å². The van der Waals surface area contributed by atoms with Crippen molar-refractivity contribution in [2.24, 2.45) is 5.92 Å². The molecule has 0 aliphatic rings. The summed E-state index contributed by atoms with van der Waals surface area (Å²) in [4.78, 5) is 16.6. The highest BCUT2D eigenvalue weighted by atomic mass is 32.1. The molecule has 124 valence electrons. The van der Waals surface area contributed by atoms with E-state index < -0.39 is 0 Å². The van der Waals surface area contributed by atoms with E-state index in [9.17, 15) is 9.90 Å². The number of thiazole rings is 1. The first-order chi connectivity index (χ1) is 11.4. The highest BCUT2D eigenvalue weighted by molar-refractivity contribution is 7.21. The summed E-state index contributed by atoms with van der Waals surface area (Å²) in [7, 11) is 0. The van der Waals surface area contributed by atoms with Crippen LogP contribution in [-0.2, 0) is 4.79 Å². The summed E-state index contributed by atoms with van der Waals surface area (Å²) in [5.41, 5.74) is 2.96. The molecule has 0 unspecified atom stereocenters. The van der Waals surface area contributed by atoms with Gasteiger partial charge in [-0.2, -0.15) is 0 Å². The maximum atomic E-state index is 12.0. The number of rotatable bonds is 4. The molecular weight excluding hydrogens is 320 g/mol. The fourth-order valence-electron chi connectivity index (χ4n) is 2.58. The van der Waals surface area contributed by atoms with Gasteiger partial charge in [-0.05, 0) is 42.7 Å². The molecular formula is C19H20N2O2S. The molecule has 0 spiro atoms. The van der Waals surface area contributed by atoms with Crippen molar-refractivity contribution in [3.05, 3.63) is 42.0 Å². The molecule has 0 aliphatic heterocycles. The third-order valence-electron chi connectivity index (χ3n) is 3.70. The Morgan fingerprint density at radius 2 is 2.04 bits per heavy atom. The van der Waals surface area contributed by atoms with Crippen LogP contribution in [0.5, 0.6) is 5.75 Å². The number of hydrogen-bond donors (Lipinski definition) is 2. The maximum absolute atomic E-state index is 12.0. The quantitative estimate of drug-likeness (QED) is 0.660. The monoisotopic (exact) mass is 340 g/mol. The molecule has 4 nitrogen and oxygen atoms in total. The molecule has 0 bridgehead atoms. The van der Waals surface area contributed by atoms with Gasteiger partial charge in [-0.1, -0.05) is 26.0 Å². The summed E-state index contributed by atoms with van der Waals surface area (Å²) in [5, 5.41) is 14.1. The Morgan fingerprint density at radius 3 is 2.75 bits per heavy atom. The molecule has 0 atom stereocenters. The van der Waals surface area contributed by atoms with Crippen LogP contribution in [0.1, 0.15) is 25.8 Å². The van der Waals surface area contributed by atoms with Gasteiger partial charge in [0.05, 0.1) is 15.8 Å². The van der Waals surface area contributed by atoms with Crippen LogP contribution >= 0.6 is 11.3 Å². The molecule has 2 aromatic carbocycles. The summed E-state index contributed by atoms with van der Waals surface area (Å²) < 4.78 is 1.07. The maximum Gasteiger partial charge on any atom is 0.224 e. The van der Waals surface area contributed by atoms with E-state index in [1.807, 2.05) is 45.0 Å². The van der Waals surface area contributed by atoms with Crippen molar-refractivity contribution in [3.8, 4) is 16.3 Å². The van der Waals surface area contributed by atoms with Gasteiger partial charge in [0.15, 0.2) is 0 Å². The van der Waals surface area contributed by atoms with Crippen molar-refractivity contribution in [2.75, 3.05) is 5.32 Å². The van der Waals surface area contributed by atoms with E-state index in [-0.39, 0.29) is 11.7 Å². The van der Waals surface area contributed by atoms with Crippen molar-refractivity contribution in [1.82, 2.24) is 4.98 Å². The Kier molecular flexibility index (Phi) is 4.53. The molecule has 5 heteroatoms. The van der Waals surface area contributed by atoms with E-state index in [2.05, 4.69) is 10.3 Å². The van der Waals surface area contributed by atoms with Gasteiger partial charge in [-0.3, -0.25) is 4.79 Å². The summed E-state index contributed by atoms with van der Waals surface area (Å²) in [6.45, 7) is 5.84. The molecule has 0 fully saturated rings. The first-order valence-corrected chi connectivity index (χ1v) is 8.75. The smallest absolute Gasteiger partial charge is 0.224 e. The van der Waals surface area contributed by atoms with Gasteiger partial charge in [0.25, 0.3) is 0 Å². The minimum atomic E-state index is -0.0228. The molecule has 0 saturated heterocycles. The van der Waals surface area contributed by atoms with E-state index in [1.165, 1.54) is 11.3 Å². The van der Waals surface area contributed by atoms with Crippen LogP contribution in [-0.4, -0.2) is 16.0 Å². The number of benzene rings is 2. The number of phenolic OH excluding ortho intramolecular Hbond substituents is 1. The van der Waals surface area contributed by atoms with E-state index in [0.717, 1.165) is 15.2 Å². The van der Waals surface area contributed by atoms with Gasteiger partial charge >= 0.3 is 0 Å². The normalized spacial score (nSPS) is 11.2. The number of nitrogens with zero attached hydrogens (tertiary/aromatic N) is 1. The average molecular weight is 340 g/mol. The van der Waals surface area contributed by atoms with Gasteiger partial charge in [-0.15, -0.1) is 11.3 Å². The zero-order valence-electron chi connectivity index (χ0n) is 14.0. The number of nitrogens with one attached hydrogen (secondary N) is 1. The van der Waals surface area contributed by atoms with Crippen molar-refractivity contribution in [2.45, 2.75) is 27.2 Å². The standard InChI is InChI=1S/C19H20N2O2S/c1-11(2)8-17(22)20-13-9-12(3)18(23)14(10-13)19-21-15-6-4-5-7-16(15)24-19/h4-7,9-11,23H,8H2,1-3H3,(H,20,22). The van der Waals surface area contributed by atoms with Gasteiger partial charge in [-0.25, -0.2) is 4.98 Å². The fraction of sp³-hybridized carbons (Fsp3) is 0.263. The number of aromatic nitrogens is 1. The highest BCUT2D eigenvalue weighted by Crippen LogP contribution is 2.38. The van der Waals surface area contributed by atoms with Crippen molar-refractivity contribution in [3.63, 3.8) is 0 Å². The fourth-order valence-corrected chi connectivity index (χ4v) is 3.57. The number of phenols is 1. The zero-order valence-corrected chi connectivity index (χ0v) is 14.8. The Morgan fingerprint density at radius 1 is 1.29 bits per heavy atom. The van der Waals surface area contributed by atoms with Crippen LogP contribution < -0.4 is 5.32 Å².